The van der Waals surface area contributed by atoms with Crippen molar-refractivity contribution in [2.75, 3.05) is 6.54 Å². The predicted octanol–water partition coefficient (Wildman–Crippen LogP) is 1.84. The summed E-state index contributed by atoms with van der Waals surface area (Å²) in [7, 11) is -3.33. The van der Waals surface area contributed by atoms with Crippen LogP contribution in [-0.2, 0) is 16.4 Å². The fourth-order valence-electron chi connectivity index (χ4n) is 1.26. The maximum Gasteiger partial charge on any atom is 0.213 e. The fourth-order valence-corrected chi connectivity index (χ4v) is 1.98. The van der Waals surface area contributed by atoms with E-state index in [-0.39, 0.29) is 13.0 Å². The molecule has 0 radical (unpaired) electrons. The van der Waals surface area contributed by atoms with E-state index in [1.807, 2.05) is 0 Å². The zero-order valence-electron chi connectivity index (χ0n) is 9.70. The molecular weight excluding hydrogens is 248 g/mol. The molecule has 0 bridgehead atoms. The molecule has 0 saturated carbocycles. The lowest BCUT2D eigenvalue weighted by Crippen LogP contribution is -2.32. The first-order chi connectivity index (χ1) is 7.81. The summed E-state index contributed by atoms with van der Waals surface area (Å²) in [6.45, 7) is 3.25. The third-order valence-electron chi connectivity index (χ3n) is 2.26. The van der Waals surface area contributed by atoms with Crippen molar-refractivity contribution in [3.05, 3.63) is 35.4 Å². The summed E-state index contributed by atoms with van der Waals surface area (Å²) >= 11 is 0. The lowest BCUT2D eigenvalue weighted by Gasteiger charge is -2.09. The van der Waals surface area contributed by atoms with Crippen molar-refractivity contribution >= 4 is 10.0 Å². The van der Waals surface area contributed by atoms with Gasteiger partial charge < -0.3 is 0 Å². The monoisotopic (exact) mass is 263 g/mol. The van der Waals surface area contributed by atoms with Gasteiger partial charge in [0.15, 0.2) is 0 Å². The molecule has 0 spiro atoms. The first-order valence-electron chi connectivity index (χ1n) is 5.24. The molecule has 0 atom stereocenters. The summed E-state index contributed by atoms with van der Waals surface area (Å²) in [5, 5.41) is -0.522. The molecule has 0 aliphatic carbocycles. The minimum atomic E-state index is -3.33. The molecule has 0 amide bonds. The van der Waals surface area contributed by atoms with Gasteiger partial charge >= 0.3 is 0 Å². The highest BCUT2D eigenvalue weighted by Crippen LogP contribution is 2.08. The van der Waals surface area contributed by atoms with E-state index in [0.29, 0.717) is 5.56 Å². The highest BCUT2D eigenvalue weighted by Gasteiger charge is 2.14. The van der Waals surface area contributed by atoms with Crippen LogP contribution in [-0.4, -0.2) is 20.2 Å². The van der Waals surface area contributed by atoms with Crippen molar-refractivity contribution in [1.82, 2.24) is 4.72 Å². The third-order valence-corrected chi connectivity index (χ3v) is 4.11. The fraction of sp³-hybridized carbons (Fsp3) is 0.455. The summed E-state index contributed by atoms with van der Waals surface area (Å²) in [6, 6.07) is 3.15. The van der Waals surface area contributed by atoms with Crippen LogP contribution in [0.1, 0.15) is 19.4 Å². The van der Waals surface area contributed by atoms with Gasteiger partial charge in [-0.3, -0.25) is 0 Å². The van der Waals surface area contributed by atoms with Gasteiger partial charge in [-0.25, -0.2) is 21.9 Å². The summed E-state index contributed by atoms with van der Waals surface area (Å²) < 4.78 is 50.8. The van der Waals surface area contributed by atoms with Crippen LogP contribution in [0.5, 0.6) is 0 Å². The maximum absolute atomic E-state index is 12.8. The molecule has 1 N–H and O–H groups in total. The lowest BCUT2D eigenvalue weighted by atomic mass is 10.1. The second kappa shape index (κ2) is 5.55. The molecule has 0 aromatic heterocycles. The molecule has 0 aliphatic rings. The number of sulfonamides is 1. The summed E-state index contributed by atoms with van der Waals surface area (Å²) in [6.07, 6.45) is 0.251. The predicted molar refractivity (Wildman–Crippen MR) is 62.1 cm³/mol. The molecule has 0 aliphatic heterocycles. The summed E-state index contributed by atoms with van der Waals surface area (Å²) in [5.41, 5.74) is 0.425. The van der Waals surface area contributed by atoms with Crippen LogP contribution >= 0.6 is 0 Å². The Labute approximate surface area is 99.9 Å². The minimum Gasteiger partial charge on any atom is -0.215 e. The third kappa shape index (κ3) is 4.40. The van der Waals surface area contributed by atoms with Gasteiger partial charge in [0.2, 0.25) is 10.0 Å². The van der Waals surface area contributed by atoms with Crippen LogP contribution < -0.4 is 4.72 Å². The van der Waals surface area contributed by atoms with Gasteiger partial charge in [0, 0.05) is 12.6 Å². The Kier molecular flexibility index (Phi) is 4.59. The number of hydrogen-bond acceptors (Lipinski definition) is 2. The number of rotatable bonds is 5. The molecule has 1 aromatic rings. The Morgan fingerprint density at radius 2 is 1.71 bits per heavy atom. The van der Waals surface area contributed by atoms with E-state index >= 15 is 0 Å². The molecule has 0 saturated heterocycles. The van der Waals surface area contributed by atoms with Crippen molar-refractivity contribution < 1.29 is 17.2 Å². The van der Waals surface area contributed by atoms with Crippen LogP contribution in [0, 0.1) is 11.6 Å². The average Bonchev–Trinajstić information content (AvgIpc) is 2.15. The molecule has 1 aromatic carbocycles. The average molecular weight is 263 g/mol. The van der Waals surface area contributed by atoms with E-state index in [4.69, 9.17) is 0 Å². The SMILES string of the molecule is CC(C)S(=O)(=O)NCCc1cc(F)cc(F)c1. The number of hydrogen-bond donors (Lipinski definition) is 1. The first kappa shape index (κ1) is 14.1. The van der Waals surface area contributed by atoms with Crippen molar-refractivity contribution in [1.29, 1.82) is 0 Å². The van der Waals surface area contributed by atoms with Gasteiger partial charge in [-0.15, -0.1) is 0 Å². The van der Waals surface area contributed by atoms with E-state index < -0.39 is 26.9 Å². The standard InChI is InChI=1S/C11H15F2NO2S/c1-8(2)17(15,16)14-4-3-9-5-10(12)7-11(13)6-9/h5-8,14H,3-4H2,1-2H3. The lowest BCUT2D eigenvalue weighted by molar-refractivity contribution is 0.570. The summed E-state index contributed by atoms with van der Waals surface area (Å²) in [5.74, 6) is -1.32. The van der Waals surface area contributed by atoms with E-state index in [9.17, 15) is 17.2 Å². The van der Waals surface area contributed by atoms with Gasteiger partial charge in [-0.05, 0) is 38.0 Å². The molecule has 6 heteroatoms. The smallest absolute Gasteiger partial charge is 0.213 e. The van der Waals surface area contributed by atoms with Crippen LogP contribution in [0.25, 0.3) is 0 Å². The molecule has 1 rings (SSSR count). The topological polar surface area (TPSA) is 46.2 Å². The van der Waals surface area contributed by atoms with Crippen molar-refractivity contribution in [2.45, 2.75) is 25.5 Å². The maximum atomic E-state index is 12.8. The van der Waals surface area contributed by atoms with Crippen LogP contribution in [0.4, 0.5) is 8.78 Å². The van der Waals surface area contributed by atoms with E-state index in [1.165, 1.54) is 12.1 Å². The Morgan fingerprint density at radius 1 is 1.18 bits per heavy atom. The van der Waals surface area contributed by atoms with Gasteiger partial charge in [0.05, 0.1) is 5.25 Å². The first-order valence-corrected chi connectivity index (χ1v) is 6.79. The van der Waals surface area contributed by atoms with Gasteiger partial charge in [0.25, 0.3) is 0 Å². The van der Waals surface area contributed by atoms with Crippen molar-refractivity contribution in [2.24, 2.45) is 0 Å². The van der Waals surface area contributed by atoms with Gasteiger partial charge in [0.1, 0.15) is 11.6 Å². The van der Waals surface area contributed by atoms with Crippen LogP contribution in [0.2, 0.25) is 0 Å². The van der Waals surface area contributed by atoms with E-state index in [0.717, 1.165) is 6.07 Å². The molecule has 0 fully saturated rings. The second-order valence-corrected chi connectivity index (χ2v) is 6.34. The minimum absolute atomic E-state index is 0.128. The Balaban J connectivity index is 2.57. The summed E-state index contributed by atoms with van der Waals surface area (Å²) in [4.78, 5) is 0. The number of nitrogens with one attached hydrogen (secondary N) is 1. The normalized spacial score (nSPS) is 12.1. The highest BCUT2D eigenvalue weighted by atomic mass is 32.2. The molecule has 3 nitrogen and oxygen atoms in total. The van der Waals surface area contributed by atoms with Crippen LogP contribution in [0.15, 0.2) is 18.2 Å². The van der Waals surface area contributed by atoms with Crippen molar-refractivity contribution in [3.8, 4) is 0 Å². The second-order valence-electron chi connectivity index (χ2n) is 4.02. The Bertz CT molecular complexity index is 466. The number of halogens is 2. The van der Waals surface area contributed by atoms with Crippen LogP contribution in [0.3, 0.4) is 0 Å². The molecule has 0 heterocycles. The molecular formula is C11H15F2NO2S. The highest BCUT2D eigenvalue weighted by molar-refractivity contribution is 7.90. The largest absolute Gasteiger partial charge is 0.215 e. The zero-order chi connectivity index (χ0) is 13.1. The Hall–Kier alpha value is -1.01. The van der Waals surface area contributed by atoms with E-state index in [1.54, 1.807) is 13.8 Å². The van der Waals surface area contributed by atoms with Gasteiger partial charge in [-0.1, -0.05) is 0 Å². The van der Waals surface area contributed by atoms with E-state index in [2.05, 4.69) is 4.72 Å². The molecule has 17 heavy (non-hydrogen) atoms. The number of benzene rings is 1. The zero-order valence-corrected chi connectivity index (χ0v) is 10.5. The molecule has 0 unspecified atom stereocenters. The van der Waals surface area contributed by atoms with Crippen molar-refractivity contribution in [3.63, 3.8) is 0 Å². The Morgan fingerprint density at radius 3 is 2.18 bits per heavy atom. The quantitative estimate of drug-likeness (QED) is 0.881. The van der Waals surface area contributed by atoms with Gasteiger partial charge in [-0.2, -0.15) is 0 Å². The molecule has 96 valence electrons.